The molecule has 0 aliphatic carbocycles. The summed E-state index contributed by atoms with van der Waals surface area (Å²) in [5, 5.41) is 14.3. The predicted octanol–water partition coefficient (Wildman–Crippen LogP) is 5.17. The molecule has 200 valence electrons. The number of nitrogens with zero attached hydrogens (tertiary/aromatic N) is 5. The lowest BCUT2D eigenvalue weighted by molar-refractivity contribution is -0.110. The molecule has 2 aromatic heterocycles. The number of benzene rings is 3. The Morgan fingerprint density at radius 2 is 1.59 bits per heavy atom. The highest BCUT2D eigenvalue weighted by Gasteiger charge is 2.27. The van der Waals surface area contributed by atoms with E-state index in [0.29, 0.717) is 12.4 Å². The van der Waals surface area contributed by atoms with E-state index in [2.05, 4.69) is 51.8 Å². The molecular weight excluding hydrogens is 492 g/mol. The van der Waals surface area contributed by atoms with Crippen molar-refractivity contribution in [2.45, 2.75) is 39.0 Å². The fourth-order valence-electron chi connectivity index (χ4n) is 4.95. The molecule has 2 heterocycles. The Kier molecular flexibility index (Phi) is 8.10. The molecule has 39 heavy (non-hydrogen) atoms. The zero-order valence-electron chi connectivity index (χ0n) is 22.4. The van der Waals surface area contributed by atoms with Gasteiger partial charge in [-0.3, -0.25) is 9.13 Å². The number of nitrogens with one attached hydrogen (secondary N) is 1. The third kappa shape index (κ3) is 5.32. The Hall–Kier alpha value is -4.34. The van der Waals surface area contributed by atoms with E-state index < -0.39 is 6.29 Å². The van der Waals surface area contributed by atoms with Gasteiger partial charge < -0.3 is 9.47 Å². The average Bonchev–Trinajstić information content (AvgIpc) is 3.61. The van der Waals surface area contributed by atoms with E-state index in [9.17, 15) is 4.79 Å². The van der Waals surface area contributed by atoms with Gasteiger partial charge in [-0.25, -0.2) is 9.89 Å². The molecule has 0 saturated carbocycles. The van der Waals surface area contributed by atoms with Crippen LogP contribution >= 0.6 is 0 Å². The number of aromatic amines is 1. The maximum atomic E-state index is 14.0. The van der Waals surface area contributed by atoms with Crippen LogP contribution < -0.4 is 5.69 Å². The molecule has 9 heteroatoms. The smallest absolute Gasteiger partial charge is 0.333 e. The van der Waals surface area contributed by atoms with Crippen molar-refractivity contribution in [2.24, 2.45) is 0 Å². The number of hydrogen-bond donors (Lipinski definition) is 1. The average molecular weight is 525 g/mol. The zero-order chi connectivity index (χ0) is 27.2. The first-order chi connectivity index (χ1) is 19.2. The van der Waals surface area contributed by atoms with E-state index in [-0.39, 0.29) is 5.69 Å². The number of ether oxygens (including phenoxy) is 2. The number of H-pyrrole nitrogens is 1. The van der Waals surface area contributed by atoms with Crippen molar-refractivity contribution in [1.82, 2.24) is 29.8 Å². The summed E-state index contributed by atoms with van der Waals surface area (Å²) in [6.07, 6.45) is 2.01. The minimum absolute atomic E-state index is 0.117. The van der Waals surface area contributed by atoms with Gasteiger partial charge in [0, 0.05) is 25.5 Å². The van der Waals surface area contributed by atoms with E-state index >= 15 is 0 Å². The van der Waals surface area contributed by atoms with Crippen molar-refractivity contribution < 1.29 is 9.47 Å². The van der Waals surface area contributed by atoms with Crippen molar-refractivity contribution in [3.63, 3.8) is 0 Å². The standard InChI is InChI=1S/C30H32N6O3/c1-4-5-15-26-27(29(38-2)39-3)36(23-11-7-6-8-12-23)30(37)35(26)20-21-16-18-22(19-17-21)24-13-9-10-14-25(24)28-31-33-34-32-28/h6-14,16-19,29H,4-5,15,20H2,1-3H3,(H,31,32,33,34). The lowest BCUT2D eigenvalue weighted by Crippen LogP contribution is -2.25. The molecule has 9 nitrogen and oxygen atoms in total. The molecule has 0 atom stereocenters. The molecule has 5 aromatic rings. The topological polar surface area (TPSA) is 99.8 Å². The maximum absolute atomic E-state index is 14.0. The summed E-state index contributed by atoms with van der Waals surface area (Å²) in [5.41, 5.74) is 6.30. The van der Waals surface area contributed by atoms with Crippen LogP contribution in [0.4, 0.5) is 0 Å². The number of unbranched alkanes of at least 4 members (excludes halogenated alkanes) is 1. The van der Waals surface area contributed by atoms with Gasteiger partial charge in [-0.1, -0.05) is 80.1 Å². The van der Waals surface area contributed by atoms with Gasteiger partial charge in [0.25, 0.3) is 0 Å². The van der Waals surface area contributed by atoms with Crippen LogP contribution in [0.5, 0.6) is 0 Å². The van der Waals surface area contributed by atoms with Crippen molar-refractivity contribution in [3.05, 3.63) is 106 Å². The van der Waals surface area contributed by atoms with Crippen molar-refractivity contribution >= 4 is 0 Å². The number of tetrazole rings is 1. The summed E-state index contributed by atoms with van der Waals surface area (Å²) in [6.45, 7) is 2.57. The molecule has 0 aliphatic rings. The number of para-hydroxylation sites is 1. The molecule has 3 aromatic carbocycles. The molecule has 0 bridgehead atoms. The molecule has 0 radical (unpaired) electrons. The molecule has 0 fully saturated rings. The van der Waals surface area contributed by atoms with Crippen LogP contribution in [-0.2, 0) is 22.4 Å². The second kappa shape index (κ2) is 12.0. The van der Waals surface area contributed by atoms with Gasteiger partial charge in [-0.2, -0.15) is 0 Å². The normalized spacial score (nSPS) is 11.4. The van der Waals surface area contributed by atoms with Gasteiger partial charge in [0.2, 0.25) is 6.29 Å². The Morgan fingerprint density at radius 3 is 2.23 bits per heavy atom. The lowest BCUT2D eigenvalue weighted by Gasteiger charge is -2.18. The van der Waals surface area contributed by atoms with E-state index in [1.165, 1.54) is 0 Å². The fourth-order valence-corrected chi connectivity index (χ4v) is 4.95. The van der Waals surface area contributed by atoms with Crippen LogP contribution in [0.3, 0.4) is 0 Å². The molecule has 0 spiro atoms. The third-order valence-corrected chi connectivity index (χ3v) is 6.85. The zero-order valence-corrected chi connectivity index (χ0v) is 22.4. The molecule has 0 saturated heterocycles. The van der Waals surface area contributed by atoms with E-state index in [0.717, 1.165) is 58.6 Å². The highest BCUT2D eigenvalue weighted by Crippen LogP contribution is 2.30. The van der Waals surface area contributed by atoms with Gasteiger partial charge in [0.1, 0.15) is 5.69 Å². The largest absolute Gasteiger partial charge is 0.350 e. The highest BCUT2D eigenvalue weighted by atomic mass is 16.7. The van der Waals surface area contributed by atoms with E-state index in [1.807, 2.05) is 59.2 Å². The summed E-state index contributed by atoms with van der Waals surface area (Å²) in [4.78, 5) is 14.0. The number of aromatic nitrogens is 6. The first-order valence-corrected chi connectivity index (χ1v) is 13.0. The highest BCUT2D eigenvalue weighted by molar-refractivity contribution is 5.80. The Morgan fingerprint density at radius 1 is 0.897 bits per heavy atom. The van der Waals surface area contributed by atoms with Crippen molar-refractivity contribution in [3.8, 4) is 28.2 Å². The first kappa shape index (κ1) is 26.3. The molecule has 0 aliphatic heterocycles. The molecule has 1 N–H and O–H groups in total. The number of methoxy groups -OCH3 is 2. The van der Waals surface area contributed by atoms with Crippen LogP contribution in [0.1, 0.15) is 43.0 Å². The van der Waals surface area contributed by atoms with E-state index in [1.54, 1.807) is 18.8 Å². The van der Waals surface area contributed by atoms with Gasteiger partial charge in [0.05, 0.1) is 12.2 Å². The summed E-state index contributed by atoms with van der Waals surface area (Å²) in [7, 11) is 3.20. The lowest BCUT2D eigenvalue weighted by atomic mass is 9.98. The van der Waals surface area contributed by atoms with Crippen molar-refractivity contribution in [1.29, 1.82) is 0 Å². The Balaban J connectivity index is 1.56. The summed E-state index contributed by atoms with van der Waals surface area (Å²) in [5.74, 6) is 0.613. The van der Waals surface area contributed by atoms with Gasteiger partial charge in [-0.15, -0.1) is 5.10 Å². The third-order valence-electron chi connectivity index (χ3n) is 6.85. The van der Waals surface area contributed by atoms with Gasteiger partial charge >= 0.3 is 5.69 Å². The molecule has 0 unspecified atom stereocenters. The fraction of sp³-hybridized carbons (Fsp3) is 0.267. The summed E-state index contributed by atoms with van der Waals surface area (Å²) >= 11 is 0. The van der Waals surface area contributed by atoms with Crippen LogP contribution in [0, 0.1) is 0 Å². The minimum atomic E-state index is -0.671. The van der Waals surface area contributed by atoms with Crippen LogP contribution in [0.15, 0.2) is 83.7 Å². The second-order valence-corrected chi connectivity index (χ2v) is 9.27. The molecular formula is C30H32N6O3. The summed E-state index contributed by atoms with van der Waals surface area (Å²) in [6, 6.07) is 25.9. The number of hydrogen-bond acceptors (Lipinski definition) is 6. The first-order valence-electron chi connectivity index (χ1n) is 13.0. The maximum Gasteiger partial charge on any atom is 0.333 e. The van der Waals surface area contributed by atoms with Crippen LogP contribution in [0.2, 0.25) is 0 Å². The van der Waals surface area contributed by atoms with Crippen LogP contribution in [0.25, 0.3) is 28.2 Å². The van der Waals surface area contributed by atoms with Gasteiger partial charge in [0.15, 0.2) is 5.82 Å². The van der Waals surface area contributed by atoms with E-state index in [4.69, 9.17) is 9.47 Å². The van der Waals surface area contributed by atoms with Gasteiger partial charge in [-0.05, 0) is 52.1 Å². The Bertz CT molecular complexity index is 1550. The Labute approximate surface area is 227 Å². The quantitative estimate of drug-likeness (QED) is 0.239. The molecule has 0 amide bonds. The molecule has 5 rings (SSSR count). The number of rotatable bonds is 11. The summed E-state index contributed by atoms with van der Waals surface area (Å²) < 4.78 is 14.9. The minimum Gasteiger partial charge on any atom is -0.350 e. The monoisotopic (exact) mass is 524 g/mol. The second-order valence-electron chi connectivity index (χ2n) is 9.27. The predicted molar refractivity (Wildman–Crippen MR) is 150 cm³/mol. The van der Waals surface area contributed by atoms with Crippen LogP contribution in [-0.4, -0.2) is 44.0 Å². The SMILES string of the molecule is CCCCc1c(C(OC)OC)n(-c2ccccc2)c(=O)n1Cc1ccc(-c2ccccc2-c2nnn[nH]2)cc1. The number of imidazole rings is 1. The van der Waals surface area contributed by atoms with Crippen molar-refractivity contribution in [2.75, 3.05) is 14.2 Å².